The van der Waals surface area contributed by atoms with Crippen LogP contribution in [0.25, 0.3) is 0 Å². The van der Waals surface area contributed by atoms with E-state index in [4.69, 9.17) is 5.73 Å². The van der Waals surface area contributed by atoms with Gasteiger partial charge in [0.25, 0.3) is 0 Å². The lowest BCUT2D eigenvalue weighted by molar-refractivity contribution is -0.154. The van der Waals surface area contributed by atoms with Crippen LogP contribution in [-0.2, 0) is 9.59 Å². The second kappa shape index (κ2) is 5.49. The Labute approximate surface area is 102 Å². The molecule has 5 heteroatoms. The van der Waals surface area contributed by atoms with Crippen molar-refractivity contribution in [2.45, 2.75) is 45.6 Å². The molecule has 5 nitrogen and oxygen atoms in total. The SMILES string of the molecule is CCC(N)C(=O)N1CCC(CC)(C(=O)O)CC1. The summed E-state index contributed by atoms with van der Waals surface area (Å²) in [7, 11) is 0. The van der Waals surface area contributed by atoms with E-state index in [0.717, 1.165) is 0 Å². The van der Waals surface area contributed by atoms with Crippen molar-refractivity contribution in [3.63, 3.8) is 0 Å². The molecule has 0 spiro atoms. The zero-order valence-electron chi connectivity index (χ0n) is 10.6. The first kappa shape index (κ1) is 14.0. The predicted molar refractivity (Wildman–Crippen MR) is 64.4 cm³/mol. The van der Waals surface area contributed by atoms with Gasteiger partial charge < -0.3 is 15.7 Å². The molecule has 0 aromatic carbocycles. The van der Waals surface area contributed by atoms with E-state index in [9.17, 15) is 14.7 Å². The molecular formula is C12H22N2O3. The Bertz CT molecular complexity index is 296. The maximum absolute atomic E-state index is 11.9. The van der Waals surface area contributed by atoms with Crippen molar-refractivity contribution in [2.24, 2.45) is 11.1 Å². The highest BCUT2D eigenvalue weighted by Gasteiger charge is 2.41. The number of carbonyl (C=O) groups excluding carboxylic acids is 1. The zero-order chi connectivity index (χ0) is 13.1. The summed E-state index contributed by atoms with van der Waals surface area (Å²) in [5.41, 5.74) is 5.05. The minimum atomic E-state index is -0.744. The van der Waals surface area contributed by atoms with Crippen molar-refractivity contribution in [1.29, 1.82) is 0 Å². The van der Waals surface area contributed by atoms with Crippen LogP contribution in [0.15, 0.2) is 0 Å². The number of amides is 1. The second-order valence-corrected chi connectivity index (χ2v) is 4.78. The summed E-state index contributed by atoms with van der Waals surface area (Å²) in [6.07, 6.45) is 2.29. The molecular weight excluding hydrogens is 220 g/mol. The van der Waals surface area contributed by atoms with E-state index in [2.05, 4.69) is 0 Å². The van der Waals surface area contributed by atoms with Gasteiger partial charge in [-0.1, -0.05) is 13.8 Å². The molecule has 0 aliphatic carbocycles. The van der Waals surface area contributed by atoms with Crippen molar-refractivity contribution in [3.8, 4) is 0 Å². The summed E-state index contributed by atoms with van der Waals surface area (Å²) in [5, 5.41) is 9.24. The molecule has 1 aliphatic heterocycles. The van der Waals surface area contributed by atoms with Crippen LogP contribution >= 0.6 is 0 Å². The molecule has 1 heterocycles. The van der Waals surface area contributed by atoms with Crippen molar-refractivity contribution in [2.75, 3.05) is 13.1 Å². The standard InChI is InChI=1S/C12H22N2O3/c1-3-9(13)10(15)14-7-5-12(4-2,6-8-14)11(16)17/h9H,3-8,13H2,1-2H3,(H,16,17). The molecule has 0 bridgehead atoms. The van der Waals surface area contributed by atoms with E-state index in [1.807, 2.05) is 13.8 Å². The van der Waals surface area contributed by atoms with E-state index < -0.39 is 17.4 Å². The van der Waals surface area contributed by atoms with Crippen LogP contribution in [0.5, 0.6) is 0 Å². The number of aliphatic carboxylic acids is 1. The Morgan fingerprint density at radius 2 is 1.88 bits per heavy atom. The number of likely N-dealkylation sites (tertiary alicyclic amines) is 1. The van der Waals surface area contributed by atoms with Gasteiger partial charge in [-0.25, -0.2) is 0 Å². The smallest absolute Gasteiger partial charge is 0.309 e. The fraction of sp³-hybridized carbons (Fsp3) is 0.833. The first-order chi connectivity index (χ1) is 7.96. The van der Waals surface area contributed by atoms with Crippen LogP contribution in [0.1, 0.15) is 39.5 Å². The van der Waals surface area contributed by atoms with Crippen molar-refractivity contribution < 1.29 is 14.7 Å². The third-order valence-electron chi connectivity index (χ3n) is 3.92. The zero-order valence-corrected chi connectivity index (χ0v) is 10.6. The number of rotatable bonds is 4. The van der Waals surface area contributed by atoms with Gasteiger partial charge in [0.15, 0.2) is 0 Å². The highest BCUT2D eigenvalue weighted by Crippen LogP contribution is 2.35. The fourth-order valence-electron chi connectivity index (χ4n) is 2.28. The summed E-state index contributed by atoms with van der Waals surface area (Å²) >= 11 is 0. The summed E-state index contributed by atoms with van der Waals surface area (Å²) in [4.78, 5) is 24.8. The first-order valence-electron chi connectivity index (χ1n) is 6.24. The van der Waals surface area contributed by atoms with Gasteiger partial charge in [-0.15, -0.1) is 0 Å². The second-order valence-electron chi connectivity index (χ2n) is 4.78. The van der Waals surface area contributed by atoms with Crippen LogP contribution in [0.2, 0.25) is 0 Å². The maximum Gasteiger partial charge on any atom is 0.309 e. The third kappa shape index (κ3) is 2.77. The summed E-state index contributed by atoms with van der Waals surface area (Å²) in [6, 6.07) is -0.450. The summed E-state index contributed by atoms with van der Waals surface area (Å²) in [6.45, 7) is 4.78. The minimum Gasteiger partial charge on any atom is -0.481 e. The van der Waals surface area contributed by atoms with E-state index in [0.29, 0.717) is 38.8 Å². The molecule has 17 heavy (non-hydrogen) atoms. The van der Waals surface area contributed by atoms with Crippen LogP contribution < -0.4 is 5.73 Å². The normalized spacial score (nSPS) is 21.0. The highest BCUT2D eigenvalue weighted by atomic mass is 16.4. The molecule has 1 amide bonds. The third-order valence-corrected chi connectivity index (χ3v) is 3.92. The van der Waals surface area contributed by atoms with E-state index in [-0.39, 0.29) is 5.91 Å². The molecule has 1 fully saturated rings. The van der Waals surface area contributed by atoms with Gasteiger partial charge in [0.1, 0.15) is 0 Å². The molecule has 0 aromatic rings. The molecule has 3 N–H and O–H groups in total. The molecule has 0 radical (unpaired) electrons. The van der Waals surface area contributed by atoms with Crippen LogP contribution in [0, 0.1) is 5.41 Å². The van der Waals surface area contributed by atoms with E-state index in [1.54, 1.807) is 4.90 Å². The molecule has 1 rings (SSSR count). The number of carboxylic acid groups (broad SMARTS) is 1. The number of hydrogen-bond acceptors (Lipinski definition) is 3. The largest absolute Gasteiger partial charge is 0.481 e. The number of nitrogens with two attached hydrogens (primary N) is 1. The Morgan fingerprint density at radius 1 is 1.35 bits per heavy atom. The number of piperidine rings is 1. The number of hydrogen-bond donors (Lipinski definition) is 2. The lowest BCUT2D eigenvalue weighted by Crippen LogP contribution is -2.50. The highest BCUT2D eigenvalue weighted by molar-refractivity contribution is 5.82. The Kier molecular flexibility index (Phi) is 4.51. The first-order valence-corrected chi connectivity index (χ1v) is 6.24. The minimum absolute atomic E-state index is 0.0532. The number of carboxylic acids is 1. The quantitative estimate of drug-likeness (QED) is 0.764. The lowest BCUT2D eigenvalue weighted by Gasteiger charge is -2.39. The van der Waals surface area contributed by atoms with Gasteiger partial charge in [-0.3, -0.25) is 9.59 Å². The maximum atomic E-state index is 11.9. The fourth-order valence-corrected chi connectivity index (χ4v) is 2.28. The van der Waals surface area contributed by atoms with Crippen molar-refractivity contribution in [1.82, 2.24) is 4.90 Å². The molecule has 1 saturated heterocycles. The average molecular weight is 242 g/mol. The Hall–Kier alpha value is -1.10. The van der Waals surface area contributed by atoms with Gasteiger partial charge >= 0.3 is 5.97 Å². The van der Waals surface area contributed by atoms with E-state index >= 15 is 0 Å². The van der Waals surface area contributed by atoms with Gasteiger partial charge in [0, 0.05) is 13.1 Å². The average Bonchev–Trinajstić information content (AvgIpc) is 2.36. The predicted octanol–water partition coefficient (Wildman–Crippen LogP) is 0.827. The summed E-state index contributed by atoms with van der Waals surface area (Å²) in [5.74, 6) is -0.797. The Morgan fingerprint density at radius 3 is 2.24 bits per heavy atom. The van der Waals surface area contributed by atoms with Crippen molar-refractivity contribution >= 4 is 11.9 Å². The molecule has 1 unspecified atom stereocenters. The number of nitrogens with zero attached hydrogens (tertiary/aromatic N) is 1. The van der Waals surface area contributed by atoms with Gasteiger partial charge in [-0.2, -0.15) is 0 Å². The summed E-state index contributed by atoms with van der Waals surface area (Å²) < 4.78 is 0. The van der Waals surface area contributed by atoms with Crippen LogP contribution in [0.4, 0.5) is 0 Å². The van der Waals surface area contributed by atoms with Crippen LogP contribution in [-0.4, -0.2) is 41.0 Å². The van der Waals surface area contributed by atoms with Gasteiger partial charge in [0.2, 0.25) is 5.91 Å². The Balaban J connectivity index is 2.61. The van der Waals surface area contributed by atoms with Gasteiger partial charge in [-0.05, 0) is 25.7 Å². The molecule has 1 aliphatic rings. The van der Waals surface area contributed by atoms with E-state index in [1.165, 1.54) is 0 Å². The monoisotopic (exact) mass is 242 g/mol. The molecule has 1 atom stereocenters. The van der Waals surface area contributed by atoms with Gasteiger partial charge in [0.05, 0.1) is 11.5 Å². The molecule has 0 aromatic heterocycles. The van der Waals surface area contributed by atoms with Crippen molar-refractivity contribution in [3.05, 3.63) is 0 Å². The topological polar surface area (TPSA) is 83.6 Å². The molecule has 98 valence electrons. The lowest BCUT2D eigenvalue weighted by atomic mass is 9.76. The number of carbonyl (C=O) groups is 2. The molecule has 0 saturated carbocycles. The van der Waals surface area contributed by atoms with Crippen LogP contribution in [0.3, 0.4) is 0 Å².